The smallest absolute Gasteiger partial charge is 0.146 e. The number of nitrogens with two attached hydrogens (primary N) is 1. The molecular formula is C25H30N6O. The number of pyridine rings is 2. The van der Waals surface area contributed by atoms with Crippen molar-refractivity contribution in [2.75, 3.05) is 31.3 Å². The van der Waals surface area contributed by atoms with Crippen molar-refractivity contribution < 1.29 is 4.74 Å². The molecule has 2 aliphatic heterocycles. The molecule has 3 aromatic rings. The van der Waals surface area contributed by atoms with Gasteiger partial charge in [0, 0.05) is 30.7 Å². The Kier molecular flexibility index (Phi) is 5.76. The molecular weight excluding hydrogens is 400 g/mol. The van der Waals surface area contributed by atoms with Gasteiger partial charge in [-0.05, 0) is 69.4 Å². The number of hydrogen-bond acceptors (Lipinski definition) is 7. The minimum absolute atomic E-state index is 0.0958. The lowest BCUT2D eigenvalue weighted by molar-refractivity contribution is 0.0876. The van der Waals surface area contributed by atoms with E-state index in [0.29, 0.717) is 23.5 Å². The largest absolute Gasteiger partial charge is 0.476 e. The molecule has 5 rings (SSSR count). The predicted molar refractivity (Wildman–Crippen MR) is 130 cm³/mol. The van der Waals surface area contributed by atoms with Gasteiger partial charge in [0.2, 0.25) is 0 Å². The molecule has 7 heteroatoms. The van der Waals surface area contributed by atoms with Crippen LogP contribution in [0.5, 0.6) is 5.75 Å². The van der Waals surface area contributed by atoms with Crippen LogP contribution in [0.2, 0.25) is 0 Å². The Hall–Kier alpha value is -3.03. The number of likely N-dealkylation sites (tertiary alicyclic amines) is 1. The van der Waals surface area contributed by atoms with E-state index >= 15 is 0 Å². The van der Waals surface area contributed by atoms with Crippen LogP contribution >= 0.6 is 0 Å². The summed E-state index contributed by atoms with van der Waals surface area (Å²) in [7, 11) is 0. The summed E-state index contributed by atoms with van der Waals surface area (Å²) < 4.78 is 5.41. The fourth-order valence-electron chi connectivity index (χ4n) is 4.88. The molecule has 2 fully saturated rings. The Balaban J connectivity index is 1.36. The Morgan fingerprint density at radius 2 is 2.03 bits per heavy atom. The van der Waals surface area contributed by atoms with Gasteiger partial charge < -0.3 is 9.64 Å². The van der Waals surface area contributed by atoms with Crippen LogP contribution in [0.15, 0.2) is 47.6 Å². The fourth-order valence-corrected chi connectivity index (χ4v) is 4.88. The molecule has 0 bridgehead atoms. The van der Waals surface area contributed by atoms with Gasteiger partial charge in [0.1, 0.15) is 18.2 Å². The van der Waals surface area contributed by atoms with Gasteiger partial charge in [0.15, 0.2) is 0 Å². The molecule has 0 unspecified atom stereocenters. The fraction of sp³-hybridized carbons (Fsp3) is 0.400. The number of piperidine rings is 1. The average molecular weight is 431 g/mol. The van der Waals surface area contributed by atoms with Crippen molar-refractivity contribution in [3.05, 3.63) is 42.6 Å². The summed E-state index contributed by atoms with van der Waals surface area (Å²) in [5.74, 6) is 0.617. The van der Waals surface area contributed by atoms with E-state index in [1.807, 2.05) is 36.5 Å². The van der Waals surface area contributed by atoms with Crippen molar-refractivity contribution in [1.29, 1.82) is 0 Å². The quantitative estimate of drug-likeness (QED) is 0.471. The van der Waals surface area contributed by atoms with E-state index in [1.54, 1.807) is 0 Å². The second-order valence-electron chi connectivity index (χ2n) is 8.72. The molecule has 2 N–H and O–H groups in total. The number of ether oxygens (including phenoxy) is 1. The van der Waals surface area contributed by atoms with E-state index in [4.69, 9.17) is 15.5 Å². The number of hydrogen-bond donors (Lipinski definition) is 1. The van der Waals surface area contributed by atoms with E-state index < -0.39 is 0 Å². The average Bonchev–Trinajstić information content (AvgIpc) is 2.79. The highest BCUT2D eigenvalue weighted by atomic mass is 16.5. The third-order valence-electron chi connectivity index (χ3n) is 6.74. The predicted octanol–water partition coefficient (Wildman–Crippen LogP) is 3.99. The van der Waals surface area contributed by atoms with Crippen molar-refractivity contribution in [1.82, 2.24) is 14.9 Å². The van der Waals surface area contributed by atoms with E-state index in [-0.39, 0.29) is 6.73 Å². The maximum Gasteiger partial charge on any atom is 0.146 e. The molecule has 0 spiro atoms. The number of anilines is 1. The van der Waals surface area contributed by atoms with Gasteiger partial charge in [0.05, 0.1) is 28.6 Å². The van der Waals surface area contributed by atoms with Gasteiger partial charge in [-0.3, -0.25) is 20.6 Å². The molecule has 166 valence electrons. The first kappa shape index (κ1) is 20.8. The molecule has 1 aromatic carbocycles. The molecule has 0 saturated carbocycles. The second kappa shape index (κ2) is 8.84. The maximum atomic E-state index is 5.50. The molecule has 2 saturated heterocycles. The highest BCUT2D eigenvalue weighted by molar-refractivity contribution is 5.82. The van der Waals surface area contributed by atoms with Crippen LogP contribution in [0.25, 0.3) is 22.3 Å². The topological polar surface area (TPSA) is 79.9 Å². The first-order chi connectivity index (χ1) is 15.7. The van der Waals surface area contributed by atoms with Crippen LogP contribution < -0.4 is 15.4 Å². The maximum absolute atomic E-state index is 5.50. The van der Waals surface area contributed by atoms with Gasteiger partial charge in [-0.25, -0.2) is 4.98 Å². The minimum atomic E-state index is 0.0958. The van der Waals surface area contributed by atoms with Crippen molar-refractivity contribution in [3.8, 4) is 17.0 Å². The van der Waals surface area contributed by atoms with Gasteiger partial charge >= 0.3 is 0 Å². The minimum Gasteiger partial charge on any atom is -0.476 e. The normalized spacial score (nSPS) is 19.7. The summed E-state index contributed by atoms with van der Waals surface area (Å²) >= 11 is 0. The molecule has 0 amide bonds. The summed E-state index contributed by atoms with van der Waals surface area (Å²) in [4.78, 5) is 18.7. The molecule has 32 heavy (non-hydrogen) atoms. The lowest BCUT2D eigenvalue weighted by Crippen LogP contribution is -2.62. The van der Waals surface area contributed by atoms with Crippen LogP contribution in [0.4, 0.5) is 11.4 Å². The van der Waals surface area contributed by atoms with Crippen LogP contribution in [-0.2, 0) is 0 Å². The number of rotatable bonds is 6. The van der Waals surface area contributed by atoms with Crippen LogP contribution in [0, 0.1) is 0 Å². The standard InChI is InChI=1S/C25H30N6O/c1-17-5-3-4-10-31(17)20-14-30(15-20)19-12-23-22(28-13-19)8-7-21(29-23)18-6-9-25(32-16-26)24(11-18)27-2/h6-9,11-13,17,20H,2-5,10,14-16,26H2,1H3/t17-/m1/s1. The highest BCUT2D eigenvalue weighted by Gasteiger charge is 2.35. The molecule has 4 heterocycles. The Morgan fingerprint density at radius 1 is 1.16 bits per heavy atom. The van der Waals surface area contributed by atoms with Crippen molar-refractivity contribution >= 4 is 29.1 Å². The summed E-state index contributed by atoms with van der Waals surface area (Å²) in [6, 6.07) is 13.2. The third kappa shape index (κ3) is 3.94. The first-order valence-corrected chi connectivity index (χ1v) is 11.4. The number of benzene rings is 1. The Morgan fingerprint density at radius 3 is 2.81 bits per heavy atom. The Labute approximate surface area is 188 Å². The zero-order chi connectivity index (χ0) is 22.1. The van der Waals surface area contributed by atoms with Crippen LogP contribution in [-0.4, -0.2) is 60.0 Å². The summed E-state index contributed by atoms with van der Waals surface area (Å²) in [6.45, 7) is 9.46. The molecule has 2 aliphatic rings. The van der Waals surface area contributed by atoms with Gasteiger partial charge in [-0.15, -0.1) is 0 Å². The van der Waals surface area contributed by atoms with Gasteiger partial charge in [0.25, 0.3) is 0 Å². The highest BCUT2D eigenvalue weighted by Crippen LogP contribution is 2.33. The monoisotopic (exact) mass is 430 g/mol. The van der Waals surface area contributed by atoms with Crippen molar-refractivity contribution in [2.24, 2.45) is 10.7 Å². The number of aromatic nitrogens is 2. The third-order valence-corrected chi connectivity index (χ3v) is 6.74. The summed E-state index contributed by atoms with van der Waals surface area (Å²) in [5, 5.41) is 0. The SMILES string of the molecule is C=Nc1cc(-c2ccc3ncc(N4CC(N5CCCC[C@H]5C)C4)cc3n2)ccc1OCN. The molecule has 0 radical (unpaired) electrons. The van der Waals surface area contributed by atoms with E-state index in [9.17, 15) is 0 Å². The second-order valence-corrected chi connectivity index (χ2v) is 8.72. The molecule has 7 nitrogen and oxygen atoms in total. The van der Waals surface area contributed by atoms with Crippen molar-refractivity contribution in [3.63, 3.8) is 0 Å². The molecule has 1 atom stereocenters. The number of nitrogens with zero attached hydrogens (tertiary/aromatic N) is 5. The zero-order valence-electron chi connectivity index (χ0n) is 18.6. The molecule has 2 aromatic heterocycles. The Bertz CT molecular complexity index is 1130. The number of aliphatic imine (C=N–C) groups is 1. The van der Waals surface area contributed by atoms with E-state index in [2.05, 4.69) is 39.5 Å². The van der Waals surface area contributed by atoms with Gasteiger partial charge in [-0.1, -0.05) is 6.42 Å². The summed E-state index contributed by atoms with van der Waals surface area (Å²) in [5.41, 5.74) is 10.9. The van der Waals surface area contributed by atoms with Crippen LogP contribution in [0.1, 0.15) is 26.2 Å². The van der Waals surface area contributed by atoms with Crippen LogP contribution in [0.3, 0.4) is 0 Å². The lowest BCUT2D eigenvalue weighted by Gasteiger charge is -2.50. The number of fused-ring (bicyclic) bond motifs is 1. The zero-order valence-corrected chi connectivity index (χ0v) is 18.6. The van der Waals surface area contributed by atoms with Crippen molar-refractivity contribution in [2.45, 2.75) is 38.3 Å². The molecule has 0 aliphatic carbocycles. The first-order valence-electron chi connectivity index (χ1n) is 11.4. The van der Waals surface area contributed by atoms with E-state index in [0.717, 1.165) is 41.1 Å². The lowest BCUT2D eigenvalue weighted by atomic mass is 9.97. The summed E-state index contributed by atoms with van der Waals surface area (Å²) in [6.07, 6.45) is 5.98. The van der Waals surface area contributed by atoms with E-state index in [1.165, 1.54) is 25.8 Å². The van der Waals surface area contributed by atoms with Gasteiger partial charge in [-0.2, -0.15) is 0 Å².